The van der Waals surface area contributed by atoms with E-state index in [1.54, 1.807) is 0 Å². The SMILES string of the molecule is CC(=O)c1c(O)ccc2oc(=O)sc12. The lowest BCUT2D eigenvalue weighted by Crippen LogP contribution is -1.92. The molecule has 0 radical (unpaired) electrons. The second-order valence-corrected chi connectivity index (χ2v) is 3.74. The molecule has 0 saturated carbocycles. The van der Waals surface area contributed by atoms with Crippen molar-refractivity contribution in [3.63, 3.8) is 0 Å². The van der Waals surface area contributed by atoms with E-state index in [0.29, 0.717) is 10.3 Å². The van der Waals surface area contributed by atoms with Crippen molar-refractivity contribution in [2.24, 2.45) is 0 Å². The van der Waals surface area contributed by atoms with Crippen LogP contribution >= 0.6 is 11.3 Å². The normalized spacial score (nSPS) is 10.6. The molecular formula is C9H6O4S. The number of ketones is 1. The van der Waals surface area contributed by atoms with Crippen LogP contribution in [0.2, 0.25) is 0 Å². The zero-order valence-electron chi connectivity index (χ0n) is 7.23. The van der Waals surface area contributed by atoms with Crippen molar-refractivity contribution >= 4 is 27.4 Å². The van der Waals surface area contributed by atoms with Gasteiger partial charge in [0.2, 0.25) is 0 Å². The highest BCUT2D eigenvalue weighted by atomic mass is 32.1. The summed E-state index contributed by atoms with van der Waals surface area (Å²) in [5, 5.41) is 9.43. The van der Waals surface area contributed by atoms with Crippen LogP contribution in [0.5, 0.6) is 5.75 Å². The second-order valence-electron chi connectivity index (χ2n) is 2.80. The summed E-state index contributed by atoms with van der Waals surface area (Å²) in [6.07, 6.45) is 0. The molecule has 72 valence electrons. The molecule has 1 N–H and O–H groups in total. The van der Waals surface area contributed by atoms with Gasteiger partial charge in [-0.15, -0.1) is 0 Å². The summed E-state index contributed by atoms with van der Waals surface area (Å²) in [4.78, 5) is 21.6. The first-order valence-electron chi connectivity index (χ1n) is 3.86. The predicted octanol–water partition coefficient (Wildman–Crippen LogP) is 1.76. The molecule has 2 rings (SSSR count). The minimum atomic E-state index is -0.479. The molecule has 0 spiro atoms. The molecule has 14 heavy (non-hydrogen) atoms. The molecule has 0 unspecified atom stereocenters. The number of phenolic OH excluding ortho intramolecular Hbond substituents is 1. The van der Waals surface area contributed by atoms with E-state index in [-0.39, 0.29) is 17.1 Å². The maximum absolute atomic E-state index is 11.2. The number of benzene rings is 1. The Labute approximate surface area is 82.4 Å². The van der Waals surface area contributed by atoms with Crippen molar-refractivity contribution in [1.82, 2.24) is 0 Å². The first-order chi connectivity index (χ1) is 6.59. The summed E-state index contributed by atoms with van der Waals surface area (Å²) < 4.78 is 5.22. The number of hydrogen-bond donors (Lipinski definition) is 1. The lowest BCUT2D eigenvalue weighted by atomic mass is 10.1. The zero-order valence-corrected chi connectivity index (χ0v) is 8.05. The van der Waals surface area contributed by atoms with Gasteiger partial charge in [-0.25, -0.2) is 4.79 Å². The number of hydrogen-bond acceptors (Lipinski definition) is 5. The van der Waals surface area contributed by atoms with E-state index in [0.717, 1.165) is 11.3 Å². The summed E-state index contributed by atoms with van der Waals surface area (Å²) in [6, 6.07) is 2.81. The van der Waals surface area contributed by atoms with E-state index in [1.165, 1.54) is 19.1 Å². The van der Waals surface area contributed by atoms with E-state index in [4.69, 9.17) is 4.42 Å². The van der Waals surface area contributed by atoms with Crippen LogP contribution < -0.4 is 4.94 Å². The Kier molecular flexibility index (Phi) is 1.89. The van der Waals surface area contributed by atoms with Crippen molar-refractivity contribution in [3.8, 4) is 5.75 Å². The van der Waals surface area contributed by atoms with Gasteiger partial charge in [0.25, 0.3) is 0 Å². The largest absolute Gasteiger partial charge is 0.507 e. The summed E-state index contributed by atoms with van der Waals surface area (Å²) in [5.41, 5.74) is 0.487. The Morgan fingerprint density at radius 3 is 2.86 bits per heavy atom. The topological polar surface area (TPSA) is 67.5 Å². The van der Waals surface area contributed by atoms with Crippen molar-refractivity contribution in [1.29, 1.82) is 0 Å². The fourth-order valence-corrected chi connectivity index (χ4v) is 2.13. The highest BCUT2D eigenvalue weighted by Gasteiger charge is 2.15. The van der Waals surface area contributed by atoms with Crippen LogP contribution in [0, 0.1) is 0 Å². The van der Waals surface area contributed by atoms with Gasteiger partial charge in [-0.05, 0) is 19.1 Å². The van der Waals surface area contributed by atoms with Crippen LogP contribution in [0.3, 0.4) is 0 Å². The predicted molar refractivity (Wildman–Crippen MR) is 52.0 cm³/mol. The molecule has 0 amide bonds. The zero-order chi connectivity index (χ0) is 10.3. The van der Waals surface area contributed by atoms with Gasteiger partial charge >= 0.3 is 4.94 Å². The quantitative estimate of drug-likeness (QED) is 0.728. The average Bonchev–Trinajstić information content (AvgIpc) is 2.43. The molecule has 0 aliphatic heterocycles. The van der Waals surface area contributed by atoms with Gasteiger partial charge in [0, 0.05) is 0 Å². The first kappa shape index (κ1) is 8.96. The Balaban J connectivity index is 2.95. The van der Waals surface area contributed by atoms with E-state index in [1.807, 2.05) is 0 Å². The molecule has 2 aromatic rings. The minimum absolute atomic E-state index is 0.123. The molecule has 0 fully saturated rings. The van der Waals surface area contributed by atoms with Gasteiger partial charge in [0.05, 0.1) is 10.3 Å². The van der Waals surface area contributed by atoms with Crippen LogP contribution in [0.4, 0.5) is 0 Å². The van der Waals surface area contributed by atoms with E-state index in [9.17, 15) is 14.7 Å². The second kappa shape index (κ2) is 2.95. The third kappa shape index (κ3) is 1.22. The van der Waals surface area contributed by atoms with E-state index >= 15 is 0 Å². The van der Waals surface area contributed by atoms with Crippen molar-refractivity contribution in [2.75, 3.05) is 0 Å². The maximum Gasteiger partial charge on any atom is 0.396 e. The minimum Gasteiger partial charge on any atom is -0.507 e. The fraction of sp³-hybridized carbons (Fsp3) is 0.111. The van der Waals surface area contributed by atoms with Crippen LogP contribution in [0.15, 0.2) is 21.3 Å². The van der Waals surface area contributed by atoms with E-state index in [2.05, 4.69) is 0 Å². The van der Waals surface area contributed by atoms with Crippen molar-refractivity contribution < 1.29 is 14.3 Å². The molecule has 0 atom stereocenters. The highest BCUT2D eigenvalue weighted by molar-refractivity contribution is 7.16. The van der Waals surface area contributed by atoms with Crippen LogP contribution in [-0.4, -0.2) is 10.9 Å². The Bertz CT molecular complexity index is 564. The molecular weight excluding hydrogens is 204 g/mol. The van der Waals surface area contributed by atoms with Gasteiger partial charge < -0.3 is 9.52 Å². The summed E-state index contributed by atoms with van der Waals surface area (Å²) >= 11 is 0.818. The fourth-order valence-electron chi connectivity index (χ4n) is 1.27. The molecule has 0 saturated heterocycles. The van der Waals surface area contributed by atoms with Crippen LogP contribution in [0.25, 0.3) is 10.3 Å². The van der Waals surface area contributed by atoms with Gasteiger partial charge in [0.1, 0.15) is 5.75 Å². The van der Waals surface area contributed by atoms with Gasteiger partial charge in [-0.1, -0.05) is 11.3 Å². The molecule has 0 bridgehead atoms. The van der Waals surface area contributed by atoms with Gasteiger partial charge in [-0.3, -0.25) is 4.79 Å². The lowest BCUT2D eigenvalue weighted by molar-refractivity contribution is 0.101. The third-order valence-corrected chi connectivity index (χ3v) is 2.69. The maximum atomic E-state index is 11.2. The number of phenols is 1. The standard InChI is InChI=1S/C9H6O4S/c1-4(10)7-5(11)2-3-6-8(7)14-9(12)13-6/h2-3,11H,1H3. The average molecular weight is 210 g/mol. The summed E-state index contributed by atoms with van der Waals surface area (Å²) in [6.45, 7) is 1.33. The smallest absolute Gasteiger partial charge is 0.396 e. The Hall–Kier alpha value is -1.62. The Morgan fingerprint density at radius 2 is 2.21 bits per heavy atom. The number of carbonyl (C=O) groups is 1. The number of fused-ring (bicyclic) bond motifs is 1. The molecule has 0 aliphatic rings. The third-order valence-electron chi connectivity index (χ3n) is 1.83. The van der Waals surface area contributed by atoms with Gasteiger partial charge in [0.15, 0.2) is 11.4 Å². The number of rotatable bonds is 1. The summed E-state index contributed by atoms with van der Waals surface area (Å²) in [7, 11) is 0. The molecule has 1 aromatic heterocycles. The molecule has 5 heteroatoms. The summed E-state index contributed by atoms with van der Waals surface area (Å²) in [5.74, 6) is -0.410. The van der Waals surface area contributed by atoms with Crippen molar-refractivity contribution in [3.05, 3.63) is 27.4 Å². The van der Waals surface area contributed by atoms with Crippen LogP contribution in [-0.2, 0) is 0 Å². The number of carbonyl (C=O) groups excluding carboxylic acids is 1. The van der Waals surface area contributed by atoms with Crippen molar-refractivity contribution in [2.45, 2.75) is 6.92 Å². The molecule has 1 aromatic carbocycles. The number of Topliss-reactive ketones (excluding diaryl/α,β-unsaturated/α-hetero) is 1. The monoisotopic (exact) mass is 210 g/mol. The first-order valence-corrected chi connectivity index (χ1v) is 4.68. The Morgan fingerprint density at radius 1 is 1.50 bits per heavy atom. The highest BCUT2D eigenvalue weighted by Crippen LogP contribution is 2.29. The lowest BCUT2D eigenvalue weighted by Gasteiger charge is -1.99. The van der Waals surface area contributed by atoms with Crippen LogP contribution in [0.1, 0.15) is 17.3 Å². The molecule has 0 aliphatic carbocycles. The van der Waals surface area contributed by atoms with Gasteiger partial charge in [-0.2, -0.15) is 0 Å². The molecule has 1 heterocycles. The van der Waals surface area contributed by atoms with E-state index < -0.39 is 4.94 Å². The number of aromatic hydroxyl groups is 1. The molecule has 4 nitrogen and oxygen atoms in total.